The summed E-state index contributed by atoms with van der Waals surface area (Å²) < 4.78 is 28.1. The molecule has 2 aromatic carbocycles. The van der Waals surface area contributed by atoms with E-state index < -0.39 is 15.8 Å². The van der Waals surface area contributed by atoms with Crippen molar-refractivity contribution in [3.63, 3.8) is 0 Å². The summed E-state index contributed by atoms with van der Waals surface area (Å²) in [6.45, 7) is 0. The third-order valence-corrected chi connectivity index (χ3v) is 6.00. The zero-order valence-electron chi connectivity index (χ0n) is 13.6. The van der Waals surface area contributed by atoms with Crippen molar-refractivity contribution in [2.24, 2.45) is 5.92 Å². The molecular weight excluding hydrogens is 340 g/mol. The van der Waals surface area contributed by atoms with Crippen molar-refractivity contribution in [3.8, 4) is 5.75 Å². The summed E-state index contributed by atoms with van der Waals surface area (Å²) in [6.07, 6.45) is 0.589. The lowest BCUT2D eigenvalue weighted by atomic mass is 10.0. The van der Waals surface area contributed by atoms with Crippen molar-refractivity contribution in [3.05, 3.63) is 65.7 Å². The third kappa shape index (κ3) is 4.54. The van der Waals surface area contributed by atoms with Gasteiger partial charge < -0.3 is 4.74 Å². The summed E-state index contributed by atoms with van der Waals surface area (Å²) in [5, 5.41) is 0. The van der Waals surface area contributed by atoms with Crippen molar-refractivity contribution in [1.29, 1.82) is 0 Å². The zero-order chi connectivity index (χ0) is 17.9. The second-order valence-electron chi connectivity index (χ2n) is 6.17. The monoisotopic (exact) mass is 358 g/mol. The molecule has 1 saturated heterocycles. The molecule has 1 aliphatic heterocycles. The Balaban J connectivity index is 1.59. The van der Waals surface area contributed by atoms with Crippen molar-refractivity contribution in [2.75, 3.05) is 11.5 Å². The summed E-state index contributed by atoms with van der Waals surface area (Å²) in [6, 6.07) is 15.3. The Kier molecular flexibility index (Phi) is 4.99. The van der Waals surface area contributed by atoms with Crippen molar-refractivity contribution >= 4 is 21.6 Å². The molecule has 0 amide bonds. The van der Waals surface area contributed by atoms with Gasteiger partial charge in [-0.2, -0.15) is 0 Å². The van der Waals surface area contributed by atoms with Crippen LogP contribution in [0.5, 0.6) is 5.75 Å². The molecule has 1 atom stereocenters. The average Bonchev–Trinajstić information content (AvgIpc) is 2.94. The first kappa shape index (κ1) is 17.4. The van der Waals surface area contributed by atoms with E-state index in [9.17, 15) is 18.0 Å². The number of hydrogen-bond donors (Lipinski definition) is 0. The summed E-state index contributed by atoms with van der Waals surface area (Å²) in [5.74, 6) is -0.195. The predicted molar refractivity (Wildman–Crippen MR) is 93.3 cm³/mol. The molecule has 0 unspecified atom stereocenters. The maximum Gasteiger partial charge on any atom is 0.311 e. The van der Waals surface area contributed by atoms with Crippen LogP contribution >= 0.6 is 0 Å². The Morgan fingerprint density at radius 1 is 0.960 bits per heavy atom. The van der Waals surface area contributed by atoms with Crippen LogP contribution in [0.3, 0.4) is 0 Å². The fraction of sp³-hybridized carbons (Fsp3) is 0.263. The number of carbonyl (C=O) groups excluding carboxylic acids is 2. The van der Waals surface area contributed by atoms with Gasteiger partial charge in [-0.05, 0) is 36.6 Å². The topological polar surface area (TPSA) is 77.5 Å². The predicted octanol–water partition coefficient (Wildman–Crippen LogP) is 2.65. The SMILES string of the molecule is O=C(C[C@H]1CCS(=O)(=O)C1)Oc1ccc(C(=O)c2ccccc2)cc1. The Morgan fingerprint density at radius 2 is 1.60 bits per heavy atom. The van der Waals surface area contributed by atoms with E-state index >= 15 is 0 Å². The molecule has 6 heteroatoms. The largest absolute Gasteiger partial charge is 0.427 e. The van der Waals surface area contributed by atoms with Gasteiger partial charge in [-0.15, -0.1) is 0 Å². The standard InChI is InChI=1S/C19H18O5S/c20-18(12-14-10-11-25(22,23)13-14)24-17-8-6-16(7-9-17)19(21)15-4-2-1-3-5-15/h1-9,14H,10-13H2/t14-/m1/s1. The lowest BCUT2D eigenvalue weighted by Gasteiger charge is -2.08. The molecule has 0 aromatic heterocycles. The minimum absolute atomic E-state index is 0.0482. The Hall–Kier alpha value is -2.47. The first-order chi connectivity index (χ1) is 11.9. The maximum absolute atomic E-state index is 12.3. The van der Waals surface area contributed by atoms with Crippen molar-refractivity contribution in [1.82, 2.24) is 0 Å². The van der Waals surface area contributed by atoms with E-state index in [1.54, 1.807) is 48.5 Å². The minimum atomic E-state index is -3.00. The van der Waals surface area contributed by atoms with Gasteiger partial charge in [-0.1, -0.05) is 30.3 Å². The molecule has 0 spiro atoms. The molecule has 2 aromatic rings. The van der Waals surface area contributed by atoms with Crippen LogP contribution in [0.25, 0.3) is 0 Å². The van der Waals surface area contributed by atoms with Gasteiger partial charge in [0.15, 0.2) is 15.6 Å². The van der Waals surface area contributed by atoms with Gasteiger partial charge >= 0.3 is 5.97 Å². The first-order valence-corrected chi connectivity index (χ1v) is 9.86. The van der Waals surface area contributed by atoms with Gasteiger partial charge in [-0.25, -0.2) is 8.42 Å². The fourth-order valence-corrected chi connectivity index (χ4v) is 4.73. The van der Waals surface area contributed by atoms with E-state index in [-0.39, 0.29) is 29.6 Å². The Labute approximate surface area is 146 Å². The number of sulfone groups is 1. The van der Waals surface area contributed by atoms with Crippen LogP contribution < -0.4 is 4.74 Å². The van der Waals surface area contributed by atoms with E-state index in [0.29, 0.717) is 23.3 Å². The van der Waals surface area contributed by atoms with Crippen LogP contribution in [0, 0.1) is 5.92 Å². The second-order valence-corrected chi connectivity index (χ2v) is 8.40. The van der Waals surface area contributed by atoms with Gasteiger partial charge in [-0.3, -0.25) is 9.59 Å². The van der Waals surface area contributed by atoms with Gasteiger partial charge in [0.1, 0.15) is 5.75 Å². The number of rotatable bonds is 5. The highest BCUT2D eigenvalue weighted by atomic mass is 32.2. The van der Waals surface area contributed by atoms with Gasteiger partial charge in [0.25, 0.3) is 0 Å². The smallest absolute Gasteiger partial charge is 0.311 e. The molecule has 0 N–H and O–H groups in total. The lowest BCUT2D eigenvalue weighted by molar-refractivity contribution is -0.135. The van der Waals surface area contributed by atoms with Gasteiger partial charge in [0, 0.05) is 17.5 Å². The van der Waals surface area contributed by atoms with Crippen LogP contribution in [0.2, 0.25) is 0 Å². The highest BCUT2D eigenvalue weighted by molar-refractivity contribution is 7.91. The quantitative estimate of drug-likeness (QED) is 0.466. The number of carbonyl (C=O) groups is 2. The number of hydrogen-bond acceptors (Lipinski definition) is 5. The van der Waals surface area contributed by atoms with Crippen LogP contribution in [-0.4, -0.2) is 31.7 Å². The molecule has 0 radical (unpaired) electrons. The normalized spacial score (nSPS) is 18.6. The summed E-state index contributed by atoms with van der Waals surface area (Å²) in [5.41, 5.74) is 1.10. The Bertz CT molecular complexity index is 870. The molecule has 0 saturated carbocycles. The van der Waals surface area contributed by atoms with E-state index in [1.165, 1.54) is 0 Å². The van der Waals surface area contributed by atoms with E-state index in [1.807, 2.05) is 6.07 Å². The molecule has 25 heavy (non-hydrogen) atoms. The van der Waals surface area contributed by atoms with Crippen LogP contribution in [-0.2, 0) is 14.6 Å². The number of benzene rings is 2. The molecular formula is C19H18O5S. The summed E-state index contributed by atoms with van der Waals surface area (Å²) >= 11 is 0. The molecule has 3 rings (SSSR count). The molecule has 1 fully saturated rings. The van der Waals surface area contributed by atoms with Crippen LogP contribution in [0.1, 0.15) is 28.8 Å². The third-order valence-electron chi connectivity index (χ3n) is 4.17. The van der Waals surface area contributed by atoms with Gasteiger partial charge in [0.2, 0.25) is 0 Å². The van der Waals surface area contributed by atoms with Crippen molar-refractivity contribution < 1.29 is 22.7 Å². The van der Waals surface area contributed by atoms with Crippen LogP contribution in [0.15, 0.2) is 54.6 Å². The summed E-state index contributed by atoms with van der Waals surface area (Å²) in [7, 11) is -3.00. The minimum Gasteiger partial charge on any atom is -0.427 e. The highest BCUT2D eigenvalue weighted by Crippen LogP contribution is 2.23. The van der Waals surface area contributed by atoms with E-state index in [2.05, 4.69) is 0 Å². The van der Waals surface area contributed by atoms with Crippen LogP contribution in [0.4, 0.5) is 0 Å². The number of ether oxygens (including phenoxy) is 1. The van der Waals surface area contributed by atoms with Crippen molar-refractivity contribution in [2.45, 2.75) is 12.8 Å². The Morgan fingerprint density at radius 3 is 2.20 bits per heavy atom. The highest BCUT2D eigenvalue weighted by Gasteiger charge is 2.30. The molecule has 130 valence electrons. The molecule has 0 bridgehead atoms. The maximum atomic E-state index is 12.3. The van der Waals surface area contributed by atoms with E-state index in [0.717, 1.165) is 0 Å². The number of ketones is 1. The molecule has 1 aliphatic rings. The molecule has 0 aliphatic carbocycles. The van der Waals surface area contributed by atoms with E-state index in [4.69, 9.17) is 4.74 Å². The lowest BCUT2D eigenvalue weighted by Crippen LogP contribution is -2.15. The first-order valence-electron chi connectivity index (χ1n) is 8.04. The average molecular weight is 358 g/mol. The summed E-state index contributed by atoms with van der Waals surface area (Å²) in [4.78, 5) is 24.2. The molecule has 1 heterocycles. The fourth-order valence-electron chi connectivity index (χ4n) is 2.87. The molecule has 5 nitrogen and oxygen atoms in total. The van der Waals surface area contributed by atoms with Gasteiger partial charge in [0.05, 0.1) is 11.5 Å². The zero-order valence-corrected chi connectivity index (χ0v) is 14.4. The second kappa shape index (κ2) is 7.19. The number of esters is 1.